The molecule has 1 aromatic heterocycles. The van der Waals surface area contributed by atoms with E-state index in [2.05, 4.69) is 26.9 Å². The molecule has 0 radical (unpaired) electrons. The zero-order valence-corrected chi connectivity index (χ0v) is 16.0. The number of amides is 1. The van der Waals surface area contributed by atoms with E-state index in [0.29, 0.717) is 29.5 Å². The predicted molar refractivity (Wildman–Crippen MR) is 101 cm³/mol. The minimum atomic E-state index is 0.150. The van der Waals surface area contributed by atoms with Crippen molar-refractivity contribution in [2.45, 2.75) is 76.3 Å². The fourth-order valence-corrected chi connectivity index (χ4v) is 5.93. The largest absolute Gasteiger partial charge is 0.337 e. The summed E-state index contributed by atoms with van der Waals surface area (Å²) in [6, 6.07) is 3.50. The van der Waals surface area contributed by atoms with Crippen molar-refractivity contribution in [3.8, 4) is 0 Å². The molecule has 5 heteroatoms. The third kappa shape index (κ3) is 2.98. The first-order chi connectivity index (χ1) is 12.7. The fraction of sp³-hybridized carbons (Fsp3) is 0.810. The molecule has 2 bridgehead atoms. The number of nitrogens with one attached hydrogen (secondary N) is 1. The summed E-state index contributed by atoms with van der Waals surface area (Å²) in [5, 5.41) is 7.44. The van der Waals surface area contributed by atoms with Crippen LogP contribution in [0.5, 0.6) is 0 Å². The van der Waals surface area contributed by atoms with Gasteiger partial charge >= 0.3 is 0 Å². The van der Waals surface area contributed by atoms with Crippen LogP contribution in [0.4, 0.5) is 0 Å². The summed E-state index contributed by atoms with van der Waals surface area (Å²) < 4.78 is 0. The van der Waals surface area contributed by atoms with Crippen LogP contribution in [-0.4, -0.2) is 57.6 Å². The van der Waals surface area contributed by atoms with Gasteiger partial charge in [-0.3, -0.25) is 14.8 Å². The first-order valence-corrected chi connectivity index (χ1v) is 10.8. The molecule has 142 valence electrons. The lowest BCUT2D eigenvalue weighted by molar-refractivity contribution is -0.0519. The van der Waals surface area contributed by atoms with Crippen molar-refractivity contribution >= 4 is 5.91 Å². The SMILES string of the molecule is CCC[C@H]1CCC[C@H]2[C@@H]3C[C@@H](CN(C(=O)c4cc(C5CC5)[nH]n4)C3)CN12. The monoisotopic (exact) mass is 356 g/mol. The van der Waals surface area contributed by atoms with Gasteiger partial charge in [-0.1, -0.05) is 19.8 Å². The molecule has 0 aromatic carbocycles. The number of aromatic nitrogens is 2. The van der Waals surface area contributed by atoms with Gasteiger partial charge in [0.2, 0.25) is 0 Å². The summed E-state index contributed by atoms with van der Waals surface area (Å²) >= 11 is 0. The minimum absolute atomic E-state index is 0.150. The van der Waals surface area contributed by atoms with Crippen molar-refractivity contribution in [2.75, 3.05) is 19.6 Å². The van der Waals surface area contributed by atoms with Crippen molar-refractivity contribution in [1.82, 2.24) is 20.0 Å². The maximum Gasteiger partial charge on any atom is 0.274 e. The maximum absolute atomic E-state index is 13.0. The van der Waals surface area contributed by atoms with Crippen molar-refractivity contribution in [2.24, 2.45) is 11.8 Å². The predicted octanol–water partition coefficient (Wildman–Crippen LogP) is 3.40. The summed E-state index contributed by atoms with van der Waals surface area (Å²) in [5.74, 6) is 2.08. The molecule has 4 atom stereocenters. The summed E-state index contributed by atoms with van der Waals surface area (Å²) in [6.07, 6.45) is 10.5. The molecule has 5 rings (SSSR count). The molecular formula is C21H32N4O. The summed E-state index contributed by atoms with van der Waals surface area (Å²) in [7, 11) is 0. The molecule has 1 aliphatic carbocycles. The van der Waals surface area contributed by atoms with Crippen LogP contribution in [0.15, 0.2) is 6.07 Å². The maximum atomic E-state index is 13.0. The van der Waals surface area contributed by atoms with Crippen molar-refractivity contribution < 1.29 is 4.79 Å². The first kappa shape index (κ1) is 16.8. The Hall–Kier alpha value is -1.36. The number of H-pyrrole nitrogens is 1. The molecular weight excluding hydrogens is 324 g/mol. The molecule has 4 aliphatic rings. The second-order valence-corrected chi connectivity index (χ2v) is 9.19. The molecule has 0 spiro atoms. The second-order valence-electron chi connectivity index (χ2n) is 9.19. The van der Waals surface area contributed by atoms with Gasteiger partial charge in [0.15, 0.2) is 0 Å². The standard InChI is InChI=1S/C21H32N4O/c1-2-4-17-5-3-6-20-16-9-14(12-25(17)20)11-24(13-16)21(26)19-10-18(22-23-19)15-7-8-15/h10,14-17,20H,2-9,11-13H2,1H3,(H,22,23)/t14-,16+,17-,20-/m0/s1. The second kappa shape index (κ2) is 6.66. The van der Waals surface area contributed by atoms with E-state index in [1.807, 2.05) is 6.07 Å². The van der Waals surface area contributed by atoms with E-state index in [0.717, 1.165) is 24.8 Å². The Morgan fingerprint density at radius 1 is 1.23 bits per heavy atom. The van der Waals surface area contributed by atoms with Crippen molar-refractivity contribution in [3.05, 3.63) is 17.5 Å². The quantitative estimate of drug-likeness (QED) is 0.899. The highest BCUT2D eigenvalue weighted by atomic mass is 16.2. The van der Waals surface area contributed by atoms with Crippen LogP contribution in [0.2, 0.25) is 0 Å². The number of hydrogen-bond acceptors (Lipinski definition) is 3. The van der Waals surface area contributed by atoms with Gasteiger partial charge in [-0.25, -0.2) is 0 Å². The van der Waals surface area contributed by atoms with Crippen LogP contribution in [0.3, 0.4) is 0 Å². The molecule has 3 saturated heterocycles. The molecule has 4 fully saturated rings. The van der Waals surface area contributed by atoms with Gasteiger partial charge in [0.1, 0.15) is 5.69 Å². The van der Waals surface area contributed by atoms with Gasteiger partial charge in [0.25, 0.3) is 5.91 Å². The number of nitrogens with zero attached hydrogens (tertiary/aromatic N) is 3. The first-order valence-electron chi connectivity index (χ1n) is 10.8. The third-order valence-corrected chi connectivity index (χ3v) is 7.26. The van der Waals surface area contributed by atoms with Crippen LogP contribution >= 0.6 is 0 Å². The smallest absolute Gasteiger partial charge is 0.274 e. The zero-order chi connectivity index (χ0) is 17.7. The van der Waals surface area contributed by atoms with E-state index in [4.69, 9.17) is 0 Å². The lowest BCUT2D eigenvalue weighted by Gasteiger charge is -2.55. The van der Waals surface area contributed by atoms with E-state index in [1.54, 1.807) is 0 Å². The molecule has 1 N–H and O–H groups in total. The lowest BCUT2D eigenvalue weighted by Crippen LogP contribution is -2.62. The van der Waals surface area contributed by atoms with Gasteiger partial charge < -0.3 is 4.90 Å². The molecule has 0 unspecified atom stereocenters. The van der Waals surface area contributed by atoms with Gasteiger partial charge in [-0.2, -0.15) is 5.10 Å². The van der Waals surface area contributed by atoms with Crippen LogP contribution in [0.1, 0.15) is 80.4 Å². The van der Waals surface area contributed by atoms with Gasteiger partial charge in [0.05, 0.1) is 0 Å². The topological polar surface area (TPSA) is 52.2 Å². The number of hydrogen-bond donors (Lipinski definition) is 1. The number of carbonyl (C=O) groups excluding carboxylic acids is 1. The highest BCUT2D eigenvalue weighted by Crippen LogP contribution is 2.41. The number of piperidine rings is 3. The Morgan fingerprint density at radius 2 is 2.12 bits per heavy atom. The summed E-state index contributed by atoms with van der Waals surface area (Å²) in [4.78, 5) is 18.0. The fourth-order valence-electron chi connectivity index (χ4n) is 5.93. The average Bonchev–Trinajstić information content (AvgIpc) is 3.39. The highest BCUT2D eigenvalue weighted by molar-refractivity contribution is 5.92. The third-order valence-electron chi connectivity index (χ3n) is 7.26. The van der Waals surface area contributed by atoms with Crippen LogP contribution in [0.25, 0.3) is 0 Å². The highest BCUT2D eigenvalue weighted by Gasteiger charge is 2.45. The number of likely N-dealkylation sites (tertiary alicyclic amines) is 1. The van der Waals surface area contributed by atoms with E-state index >= 15 is 0 Å². The van der Waals surface area contributed by atoms with E-state index in [-0.39, 0.29) is 5.91 Å². The molecule has 1 aromatic rings. The Labute approximate surface area is 156 Å². The number of rotatable bonds is 4. The zero-order valence-electron chi connectivity index (χ0n) is 16.0. The average molecular weight is 357 g/mol. The van der Waals surface area contributed by atoms with E-state index in [9.17, 15) is 4.79 Å². The van der Waals surface area contributed by atoms with Crippen molar-refractivity contribution in [1.29, 1.82) is 0 Å². The Morgan fingerprint density at radius 3 is 2.92 bits per heavy atom. The van der Waals surface area contributed by atoms with Gasteiger partial charge in [-0.15, -0.1) is 0 Å². The Bertz CT molecular complexity index is 665. The number of fused-ring (bicyclic) bond motifs is 4. The van der Waals surface area contributed by atoms with Gasteiger partial charge in [0, 0.05) is 43.3 Å². The normalized spacial score (nSPS) is 34.6. The number of carbonyl (C=O) groups is 1. The summed E-state index contributed by atoms with van der Waals surface area (Å²) in [6.45, 7) is 5.36. The lowest BCUT2D eigenvalue weighted by atomic mass is 9.74. The Balaban J connectivity index is 1.30. The molecule has 5 nitrogen and oxygen atoms in total. The summed E-state index contributed by atoms with van der Waals surface area (Å²) in [5.41, 5.74) is 1.79. The number of aromatic amines is 1. The van der Waals surface area contributed by atoms with Crippen LogP contribution in [-0.2, 0) is 0 Å². The van der Waals surface area contributed by atoms with E-state index in [1.165, 1.54) is 57.9 Å². The van der Waals surface area contributed by atoms with Crippen molar-refractivity contribution in [3.63, 3.8) is 0 Å². The molecule has 1 saturated carbocycles. The molecule has 3 aliphatic heterocycles. The van der Waals surface area contributed by atoms with Crippen LogP contribution < -0.4 is 0 Å². The van der Waals surface area contributed by atoms with Crippen LogP contribution in [0, 0.1) is 11.8 Å². The van der Waals surface area contributed by atoms with E-state index < -0.39 is 0 Å². The molecule has 26 heavy (non-hydrogen) atoms. The molecule has 4 heterocycles. The minimum Gasteiger partial charge on any atom is -0.337 e. The Kier molecular flexibility index (Phi) is 4.30. The van der Waals surface area contributed by atoms with Gasteiger partial charge in [-0.05, 0) is 56.4 Å². The molecule has 1 amide bonds.